The number of furan rings is 1. The maximum absolute atomic E-state index is 11.3. The van der Waals surface area contributed by atoms with Crippen LogP contribution in [0.2, 0.25) is 0 Å². The molecule has 0 saturated heterocycles. The molecule has 2 rings (SSSR count). The van der Waals surface area contributed by atoms with Gasteiger partial charge < -0.3 is 9.52 Å². The van der Waals surface area contributed by atoms with Crippen LogP contribution in [0.25, 0.3) is 11.0 Å². The second-order valence-corrected chi connectivity index (χ2v) is 4.48. The first-order valence-electron chi connectivity index (χ1n) is 6.35. The highest BCUT2D eigenvalue weighted by Gasteiger charge is 2.21. The summed E-state index contributed by atoms with van der Waals surface area (Å²) in [4.78, 5) is 13.4. The van der Waals surface area contributed by atoms with Crippen LogP contribution in [0.5, 0.6) is 0 Å². The summed E-state index contributed by atoms with van der Waals surface area (Å²) in [6.07, 6.45) is 3.57. The Balaban J connectivity index is 2.44. The van der Waals surface area contributed by atoms with Crippen molar-refractivity contribution in [2.24, 2.45) is 0 Å². The molecule has 1 heterocycles. The van der Waals surface area contributed by atoms with E-state index < -0.39 is 5.97 Å². The number of rotatable bonds is 7. The van der Waals surface area contributed by atoms with Crippen molar-refractivity contribution in [1.82, 2.24) is 4.90 Å². The molecule has 104 valence electrons. The quantitative estimate of drug-likeness (QED) is 0.785. The predicted molar refractivity (Wildman–Crippen MR) is 78.8 cm³/mol. The van der Waals surface area contributed by atoms with Crippen LogP contribution in [0, 0.1) is 0 Å². The van der Waals surface area contributed by atoms with E-state index in [9.17, 15) is 9.90 Å². The van der Waals surface area contributed by atoms with Gasteiger partial charge in [-0.3, -0.25) is 4.90 Å². The summed E-state index contributed by atoms with van der Waals surface area (Å²) in [5.74, 6) is -1.04. The lowest BCUT2D eigenvalue weighted by Gasteiger charge is -2.18. The summed E-state index contributed by atoms with van der Waals surface area (Å²) in [7, 11) is 0. The van der Waals surface area contributed by atoms with Crippen LogP contribution in [0.1, 0.15) is 16.1 Å². The van der Waals surface area contributed by atoms with E-state index in [-0.39, 0.29) is 5.76 Å². The smallest absolute Gasteiger partial charge is 0.372 e. The molecule has 1 aromatic heterocycles. The fourth-order valence-corrected chi connectivity index (χ4v) is 2.22. The van der Waals surface area contributed by atoms with Gasteiger partial charge in [0.2, 0.25) is 5.76 Å². The van der Waals surface area contributed by atoms with Gasteiger partial charge in [0.15, 0.2) is 0 Å². The molecule has 0 saturated carbocycles. The zero-order valence-electron chi connectivity index (χ0n) is 11.2. The molecular formula is C16H17NO3. The SMILES string of the molecule is C=CCN(CC=C)Cc1c(C(=O)O)oc2ccccc12. The molecule has 0 spiro atoms. The Bertz CT molecular complexity index is 632. The van der Waals surface area contributed by atoms with Gasteiger partial charge in [0.25, 0.3) is 0 Å². The van der Waals surface area contributed by atoms with Gasteiger partial charge in [-0.05, 0) is 6.07 Å². The van der Waals surface area contributed by atoms with Crippen LogP contribution in [0.4, 0.5) is 0 Å². The topological polar surface area (TPSA) is 53.7 Å². The summed E-state index contributed by atoms with van der Waals surface area (Å²) in [5.41, 5.74) is 1.29. The Morgan fingerprint density at radius 2 is 1.90 bits per heavy atom. The number of fused-ring (bicyclic) bond motifs is 1. The molecule has 1 N–H and O–H groups in total. The van der Waals surface area contributed by atoms with Gasteiger partial charge >= 0.3 is 5.97 Å². The van der Waals surface area contributed by atoms with Crippen LogP contribution < -0.4 is 0 Å². The summed E-state index contributed by atoms with van der Waals surface area (Å²) >= 11 is 0. The van der Waals surface area contributed by atoms with E-state index in [1.54, 1.807) is 18.2 Å². The van der Waals surface area contributed by atoms with Crippen molar-refractivity contribution in [3.05, 3.63) is 60.9 Å². The van der Waals surface area contributed by atoms with Crippen LogP contribution in [-0.4, -0.2) is 29.1 Å². The molecule has 0 aliphatic rings. The van der Waals surface area contributed by atoms with Crippen molar-refractivity contribution in [1.29, 1.82) is 0 Å². The van der Waals surface area contributed by atoms with E-state index in [1.807, 2.05) is 23.1 Å². The lowest BCUT2D eigenvalue weighted by molar-refractivity contribution is 0.0662. The zero-order valence-corrected chi connectivity index (χ0v) is 11.2. The number of aromatic carboxylic acids is 1. The van der Waals surface area contributed by atoms with Crippen molar-refractivity contribution in [3.63, 3.8) is 0 Å². The Morgan fingerprint density at radius 3 is 2.50 bits per heavy atom. The van der Waals surface area contributed by atoms with Gasteiger partial charge in [-0.25, -0.2) is 4.79 Å². The Hall–Kier alpha value is -2.33. The molecule has 0 fully saturated rings. The van der Waals surface area contributed by atoms with Gasteiger partial charge in [-0.1, -0.05) is 30.4 Å². The fourth-order valence-electron chi connectivity index (χ4n) is 2.22. The number of hydrogen-bond donors (Lipinski definition) is 1. The molecule has 1 aromatic carbocycles. The van der Waals surface area contributed by atoms with Crippen LogP contribution in [-0.2, 0) is 6.54 Å². The van der Waals surface area contributed by atoms with Crippen molar-refractivity contribution >= 4 is 16.9 Å². The van der Waals surface area contributed by atoms with Gasteiger partial charge in [0.05, 0.1) is 0 Å². The number of nitrogens with zero attached hydrogens (tertiary/aromatic N) is 1. The molecule has 0 atom stereocenters. The second kappa shape index (κ2) is 6.21. The second-order valence-electron chi connectivity index (χ2n) is 4.48. The molecule has 0 unspecified atom stereocenters. The summed E-state index contributed by atoms with van der Waals surface area (Å²) < 4.78 is 5.44. The first-order valence-corrected chi connectivity index (χ1v) is 6.35. The van der Waals surface area contributed by atoms with Crippen LogP contribution >= 0.6 is 0 Å². The standard InChI is InChI=1S/C16H17NO3/c1-3-9-17(10-4-2)11-13-12-7-5-6-8-14(12)20-15(13)16(18)19/h3-8H,1-2,9-11H2,(H,18,19). The molecule has 2 aromatic rings. The first-order chi connectivity index (χ1) is 9.67. The minimum absolute atomic E-state index is 0.00400. The van der Waals surface area contributed by atoms with Crippen molar-refractivity contribution in [2.75, 3.05) is 13.1 Å². The normalized spacial score (nSPS) is 10.8. The summed E-state index contributed by atoms with van der Waals surface area (Å²) in [5, 5.41) is 10.1. The van der Waals surface area contributed by atoms with Crippen LogP contribution in [0.15, 0.2) is 54.0 Å². The zero-order chi connectivity index (χ0) is 14.5. The minimum atomic E-state index is -1.05. The van der Waals surface area contributed by atoms with Crippen molar-refractivity contribution in [3.8, 4) is 0 Å². The van der Waals surface area contributed by atoms with Gasteiger partial charge in [0.1, 0.15) is 5.58 Å². The third-order valence-electron chi connectivity index (χ3n) is 3.05. The molecule has 0 aliphatic heterocycles. The molecule has 20 heavy (non-hydrogen) atoms. The largest absolute Gasteiger partial charge is 0.475 e. The lowest BCUT2D eigenvalue weighted by Crippen LogP contribution is -2.24. The van der Waals surface area contributed by atoms with E-state index in [1.165, 1.54) is 0 Å². The van der Waals surface area contributed by atoms with Crippen LogP contribution in [0.3, 0.4) is 0 Å². The predicted octanol–water partition coefficient (Wildman–Crippen LogP) is 3.31. The molecular weight excluding hydrogens is 254 g/mol. The van der Waals surface area contributed by atoms with E-state index in [4.69, 9.17) is 4.42 Å². The molecule has 0 bridgehead atoms. The highest BCUT2D eigenvalue weighted by molar-refractivity contribution is 5.95. The Morgan fingerprint density at radius 1 is 1.25 bits per heavy atom. The Kier molecular flexibility index (Phi) is 4.38. The third-order valence-corrected chi connectivity index (χ3v) is 3.05. The minimum Gasteiger partial charge on any atom is -0.475 e. The highest BCUT2D eigenvalue weighted by Crippen LogP contribution is 2.27. The molecule has 0 radical (unpaired) electrons. The van der Waals surface area contributed by atoms with E-state index in [0.717, 1.165) is 5.39 Å². The van der Waals surface area contributed by atoms with E-state index in [2.05, 4.69) is 13.2 Å². The van der Waals surface area contributed by atoms with Gasteiger partial charge in [0, 0.05) is 30.6 Å². The van der Waals surface area contributed by atoms with Gasteiger partial charge in [-0.2, -0.15) is 0 Å². The van der Waals surface area contributed by atoms with E-state index >= 15 is 0 Å². The number of para-hydroxylation sites is 1. The molecule has 4 heteroatoms. The maximum atomic E-state index is 11.3. The highest BCUT2D eigenvalue weighted by atomic mass is 16.4. The molecule has 0 amide bonds. The van der Waals surface area contributed by atoms with Crippen molar-refractivity contribution in [2.45, 2.75) is 6.54 Å². The third kappa shape index (κ3) is 2.81. The molecule has 4 nitrogen and oxygen atoms in total. The van der Waals surface area contributed by atoms with Crippen molar-refractivity contribution < 1.29 is 14.3 Å². The number of benzene rings is 1. The summed E-state index contributed by atoms with van der Waals surface area (Å²) in [6.45, 7) is 9.23. The van der Waals surface area contributed by atoms with Gasteiger partial charge in [-0.15, -0.1) is 13.2 Å². The summed E-state index contributed by atoms with van der Waals surface area (Å²) in [6, 6.07) is 7.35. The monoisotopic (exact) mass is 271 g/mol. The number of carboxylic acid groups (broad SMARTS) is 1. The average Bonchev–Trinajstić information content (AvgIpc) is 2.79. The maximum Gasteiger partial charge on any atom is 0.372 e. The van der Waals surface area contributed by atoms with E-state index in [0.29, 0.717) is 30.8 Å². The Labute approximate surface area is 117 Å². The number of carboxylic acids is 1. The first kappa shape index (κ1) is 14.1. The number of carbonyl (C=O) groups is 1. The molecule has 0 aliphatic carbocycles. The number of hydrogen-bond acceptors (Lipinski definition) is 3. The average molecular weight is 271 g/mol. The lowest BCUT2D eigenvalue weighted by atomic mass is 10.1. The fraction of sp³-hybridized carbons (Fsp3) is 0.188.